The van der Waals surface area contributed by atoms with Crippen molar-refractivity contribution in [1.29, 1.82) is 0 Å². The molecule has 0 aliphatic heterocycles. The molecule has 0 saturated heterocycles. The van der Waals surface area contributed by atoms with Crippen molar-refractivity contribution in [3.05, 3.63) is 35.9 Å². The van der Waals surface area contributed by atoms with Crippen LogP contribution < -0.4 is 5.32 Å². The Kier molecular flexibility index (Phi) is 3.85. The molecule has 2 N–H and O–H groups in total. The third kappa shape index (κ3) is 3.08. The number of hydrogen-bond acceptors (Lipinski definition) is 2. The molecule has 0 aromatic heterocycles. The van der Waals surface area contributed by atoms with Crippen molar-refractivity contribution in [2.24, 2.45) is 5.92 Å². The van der Waals surface area contributed by atoms with Crippen LogP contribution in [0.4, 0.5) is 0 Å². The molecule has 1 aromatic rings. The van der Waals surface area contributed by atoms with Crippen LogP contribution in [0.5, 0.6) is 0 Å². The van der Waals surface area contributed by atoms with Crippen molar-refractivity contribution in [3.8, 4) is 0 Å². The van der Waals surface area contributed by atoms with E-state index in [1.54, 1.807) is 0 Å². The van der Waals surface area contributed by atoms with Crippen molar-refractivity contribution in [2.45, 2.75) is 44.8 Å². The summed E-state index contributed by atoms with van der Waals surface area (Å²) < 4.78 is 0. The molecule has 0 bridgehead atoms. The molecule has 1 fully saturated rings. The SMILES string of the molecule is CC(NCC(C)(O)c1ccccc1)C1CCC1. The van der Waals surface area contributed by atoms with Gasteiger partial charge in [-0.3, -0.25) is 0 Å². The summed E-state index contributed by atoms with van der Waals surface area (Å²) in [5.74, 6) is 0.807. The van der Waals surface area contributed by atoms with E-state index in [-0.39, 0.29) is 0 Å². The summed E-state index contributed by atoms with van der Waals surface area (Å²) in [7, 11) is 0. The largest absolute Gasteiger partial charge is 0.384 e. The molecule has 2 unspecified atom stereocenters. The summed E-state index contributed by atoms with van der Waals surface area (Å²) in [6.45, 7) is 4.72. The van der Waals surface area contributed by atoms with Crippen LogP contribution >= 0.6 is 0 Å². The molecule has 0 spiro atoms. The first kappa shape index (κ1) is 12.6. The number of benzene rings is 1. The van der Waals surface area contributed by atoms with Crippen molar-refractivity contribution in [1.82, 2.24) is 5.32 Å². The summed E-state index contributed by atoms with van der Waals surface area (Å²) in [5, 5.41) is 13.9. The van der Waals surface area contributed by atoms with Gasteiger partial charge >= 0.3 is 0 Å². The second-order valence-corrected chi connectivity index (χ2v) is 5.50. The van der Waals surface area contributed by atoms with Crippen LogP contribution in [0, 0.1) is 5.92 Å². The van der Waals surface area contributed by atoms with Gasteiger partial charge in [0, 0.05) is 12.6 Å². The highest BCUT2D eigenvalue weighted by molar-refractivity contribution is 5.21. The van der Waals surface area contributed by atoms with Crippen molar-refractivity contribution >= 4 is 0 Å². The highest BCUT2D eigenvalue weighted by Gasteiger charge is 2.27. The van der Waals surface area contributed by atoms with Gasteiger partial charge in [0.1, 0.15) is 0 Å². The van der Waals surface area contributed by atoms with Gasteiger partial charge in [-0.15, -0.1) is 0 Å². The molecule has 1 aliphatic rings. The molecule has 2 nitrogen and oxygen atoms in total. The second-order valence-electron chi connectivity index (χ2n) is 5.50. The highest BCUT2D eigenvalue weighted by atomic mass is 16.3. The third-order valence-corrected chi connectivity index (χ3v) is 4.02. The maximum Gasteiger partial charge on any atom is 0.0992 e. The first-order chi connectivity index (χ1) is 8.09. The van der Waals surface area contributed by atoms with Gasteiger partial charge in [-0.25, -0.2) is 0 Å². The molecule has 1 aromatic carbocycles. The van der Waals surface area contributed by atoms with Crippen LogP contribution in [-0.2, 0) is 5.60 Å². The lowest BCUT2D eigenvalue weighted by molar-refractivity contribution is 0.0495. The second kappa shape index (κ2) is 5.19. The molecule has 2 rings (SSSR count). The molecule has 2 heteroatoms. The van der Waals surface area contributed by atoms with E-state index in [2.05, 4.69) is 12.2 Å². The third-order valence-electron chi connectivity index (χ3n) is 4.02. The lowest BCUT2D eigenvalue weighted by Gasteiger charge is -2.34. The van der Waals surface area contributed by atoms with E-state index in [1.165, 1.54) is 19.3 Å². The Morgan fingerprint density at radius 3 is 2.53 bits per heavy atom. The molecule has 1 aliphatic carbocycles. The average Bonchev–Trinajstić information content (AvgIpc) is 2.25. The number of hydrogen-bond donors (Lipinski definition) is 2. The summed E-state index contributed by atoms with van der Waals surface area (Å²) in [5.41, 5.74) is 0.201. The van der Waals surface area contributed by atoms with Crippen molar-refractivity contribution in [2.75, 3.05) is 6.54 Å². The fourth-order valence-corrected chi connectivity index (χ4v) is 2.37. The van der Waals surface area contributed by atoms with Crippen LogP contribution in [0.3, 0.4) is 0 Å². The number of aliphatic hydroxyl groups is 1. The van der Waals surface area contributed by atoms with Crippen molar-refractivity contribution < 1.29 is 5.11 Å². The van der Waals surface area contributed by atoms with E-state index in [0.717, 1.165) is 11.5 Å². The molecule has 0 heterocycles. The van der Waals surface area contributed by atoms with E-state index in [1.807, 2.05) is 37.3 Å². The van der Waals surface area contributed by atoms with Gasteiger partial charge in [0.25, 0.3) is 0 Å². The summed E-state index contributed by atoms with van der Waals surface area (Å²) in [6.07, 6.45) is 4.04. The van der Waals surface area contributed by atoms with Gasteiger partial charge in [0.2, 0.25) is 0 Å². The molecule has 17 heavy (non-hydrogen) atoms. The Morgan fingerprint density at radius 2 is 2.00 bits per heavy atom. The van der Waals surface area contributed by atoms with Gasteiger partial charge in [0.15, 0.2) is 0 Å². The summed E-state index contributed by atoms with van der Waals surface area (Å²) in [6, 6.07) is 10.4. The van der Waals surface area contributed by atoms with Gasteiger partial charge in [-0.1, -0.05) is 36.8 Å². The van der Waals surface area contributed by atoms with Crippen molar-refractivity contribution in [3.63, 3.8) is 0 Å². The van der Waals surface area contributed by atoms with E-state index >= 15 is 0 Å². The normalized spacial score (nSPS) is 21.6. The highest BCUT2D eigenvalue weighted by Crippen LogP contribution is 2.29. The fourth-order valence-electron chi connectivity index (χ4n) is 2.37. The van der Waals surface area contributed by atoms with Gasteiger partial charge < -0.3 is 10.4 Å². The minimum Gasteiger partial charge on any atom is -0.384 e. The van der Waals surface area contributed by atoms with E-state index in [4.69, 9.17) is 0 Å². The van der Waals surface area contributed by atoms with Gasteiger partial charge in [-0.05, 0) is 38.2 Å². The first-order valence-electron chi connectivity index (χ1n) is 6.61. The average molecular weight is 233 g/mol. The quantitative estimate of drug-likeness (QED) is 0.819. The maximum absolute atomic E-state index is 10.4. The fraction of sp³-hybridized carbons (Fsp3) is 0.600. The van der Waals surface area contributed by atoms with Crippen LogP contribution in [0.1, 0.15) is 38.7 Å². The Labute approximate surface area is 104 Å². The molecule has 0 radical (unpaired) electrons. The zero-order valence-corrected chi connectivity index (χ0v) is 10.8. The molecule has 94 valence electrons. The van der Waals surface area contributed by atoms with E-state index in [0.29, 0.717) is 12.6 Å². The van der Waals surface area contributed by atoms with Crippen LogP contribution in [0.15, 0.2) is 30.3 Å². The Morgan fingerprint density at radius 1 is 1.35 bits per heavy atom. The van der Waals surface area contributed by atoms with Crippen LogP contribution in [0.25, 0.3) is 0 Å². The maximum atomic E-state index is 10.4. The predicted molar refractivity (Wildman–Crippen MR) is 70.8 cm³/mol. The standard InChI is InChI=1S/C15H23NO/c1-12(13-7-6-8-13)16-11-15(2,17)14-9-4-3-5-10-14/h3-5,9-10,12-13,16-17H,6-8,11H2,1-2H3. The molecule has 0 amide bonds. The molecular weight excluding hydrogens is 210 g/mol. The molecular formula is C15H23NO. The number of nitrogens with one attached hydrogen (secondary N) is 1. The minimum atomic E-state index is -0.779. The minimum absolute atomic E-state index is 0.513. The Hall–Kier alpha value is -0.860. The van der Waals surface area contributed by atoms with Gasteiger partial charge in [-0.2, -0.15) is 0 Å². The lowest BCUT2D eigenvalue weighted by atomic mass is 9.80. The van der Waals surface area contributed by atoms with E-state index < -0.39 is 5.60 Å². The Bertz CT molecular complexity index is 343. The molecule has 2 atom stereocenters. The predicted octanol–water partition coefficient (Wildman–Crippen LogP) is 2.67. The first-order valence-corrected chi connectivity index (χ1v) is 6.61. The monoisotopic (exact) mass is 233 g/mol. The lowest BCUT2D eigenvalue weighted by Crippen LogP contribution is -2.44. The van der Waals surface area contributed by atoms with Crippen LogP contribution in [-0.4, -0.2) is 17.7 Å². The zero-order valence-electron chi connectivity index (χ0n) is 10.8. The Balaban J connectivity index is 1.88. The van der Waals surface area contributed by atoms with Crippen LogP contribution in [0.2, 0.25) is 0 Å². The zero-order chi connectivity index (χ0) is 12.3. The topological polar surface area (TPSA) is 32.3 Å². The smallest absolute Gasteiger partial charge is 0.0992 e. The number of rotatable bonds is 5. The van der Waals surface area contributed by atoms with Gasteiger partial charge in [0.05, 0.1) is 5.60 Å². The van der Waals surface area contributed by atoms with E-state index in [9.17, 15) is 5.11 Å². The summed E-state index contributed by atoms with van der Waals surface area (Å²) >= 11 is 0. The molecule has 1 saturated carbocycles. The summed E-state index contributed by atoms with van der Waals surface area (Å²) in [4.78, 5) is 0.